The van der Waals surface area contributed by atoms with Gasteiger partial charge in [-0.25, -0.2) is 19.2 Å². The molecular weight excluding hydrogens is 423 g/mol. The summed E-state index contributed by atoms with van der Waals surface area (Å²) in [5, 5.41) is 10.3. The van der Waals surface area contributed by atoms with Crippen molar-refractivity contribution in [1.82, 2.24) is 15.0 Å². The van der Waals surface area contributed by atoms with Gasteiger partial charge in [0.05, 0.1) is 7.11 Å². The highest BCUT2D eigenvalue weighted by molar-refractivity contribution is 5.97. The SMILES string of the molecule is COc1ccc(F)cc1-c1ccnc2[nH]c(C3=CCN(c4ncccc4C(=O)O)CC3)cc12. The normalized spacial score (nSPS) is 13.8. The van der Waals surface area contributed by atoms with Gasteiger partial charge in [-0.3, -0.25) is 0 Å². The smallest absolute Gasteiger partial charge is 0.339 e. The zero-order chi connectivity index (χ0) is 22.9. The van der Waals surface area contributed by atoms with Crippen LogP contribution in [0.2, 0.25) is 0 Å². The van der Waals surface area contributed by atoms with Gasteiger partial charge in [0.2, 0.25) is 0 Å². The summed E-state index contributed by atoms with van der Waals surface area (Å²) in [4.78, 5) is 25.6. The average molecular weight is 444 g/mol. The van der Waals surface area contributed by atoms with Crippen LogP contribution >= 0.6 is 0 Å². The highest BCUT2D eigenvalue weighted by Crippen LogP contribution is 2.36. The number of ether oxygens (including phenoxy) is 1. The van der Waals surface area contributed by atoms with Gasteiger partial charge in [-0.2, -0.15) is 0 Å². The molecule has 0 saturated heterocycles. The van der Waals surface area contributed by atoms with E-state index in [1.54, 1.807) is 37.7 Å². The van der Waals surface area contributed by atoms with Crippen LogP contribution in [0.1, 0.15) is 22.5 Å². The molecule has 5 rings (SSSR count). The predicted octanol–water partition coefficient (Wildman–Crippen LogP) is 4.76. The van der Waals surface area contributed by atoms with Gasteiger partial charge in [-0.05, 0) is 60.0 Å². The van der Waals surface area contributed by atoms with Crippen LogP contribution in [0.3, 0.4) is 0 Å². The van der Waals surface area contributed by atoms with E-state index in [0.717, 1.165) is 22.2 Å². The maximum atomic E-state index is 14.0. The Morgan fingerprint density at radius 1 is 1.15 bits per heavy atom. The minimum atomic E-state index is -0.991. The maximum Gasteiger partial charge on any atom is 0.339 e. The first-order valence-corrected chi connectivity index (χ1v) is 10.5. The van der Waals surface area contributed by atoms with E-state index >= 15 is 0 Å². The molecule has 0 saturated carbocycles. The summed E-state index contributed by atoms with van der Waals surface area (Å²) >= 11 is 0. The molecule has 2 N–H and O–H groups in total. The summed E-state index contributed by atoms with van der Waals surface area (Å²) in [6, 6.07) is 11.5. The van der Waals surface area contributed by atoms with Crippen molar-refractivity contribution in [2.75, 3.05) is 25.1 Å². The number of carboxylic acid groups (broad SMARTS) is 1. The van der Waals surface area contributed by atoms with Gasteiger partial charge in [0.1, 0.15) is 28.6 Å². The number of aromatic nitrogens is 3. The van der Waals surface area contributed by atoms with E-state index in [-0.39, 0.29) is 11.4 Å². The Balaban J connectivity index is 1.49. The Morgan fingerprint density at radius 2 is 2.03 bits per heavy atom. The number of carbonyl (C=O) groups is 1. The van der Waals surface area contributed by atoms with E-state index in [0.29, 0.717) is 42.3 Å². The fourth-order valence-electron chi connectivity index (χ4n) is 4.25. The second kappa shape index (κ2) is 8.38. The number of methoxy groups -OCH3 is 1. The van der Waals surface area contributed by atoms with Crippen LogP contribution in [0.4, 0.5) is 10.2 Å². The topological polar surface area (TPSA) is 91.3 Å². The zero-order valence-electron chi connectivity index (χ0n) is 17.9. The van der Waals surface area contributed by atoms with Crippen LogP contribution in [0.5, 0.6) is 5.75 Å². The number of aromatic carboxylic acids is 1. The van der Waals surface area contributed by atoms with Crippen LogP contribution in [0.15, 0.2) is 60.9 Å². The molecule has 0 spiro atoms. The number of nitrogens with zero attached hydrogens (tertiary/aromatic N) is 3. The summed E-state index contributed by atoms with van der Waals surface area (Å²) in [5.41, 5.74) is 4.42. The number of aromatic amines is 1. The number of carboxylic acids is 1. The van der Waals surface area contributed by atoms with E-state index in [1.807, 2.05) is 17.0 Å². The van der Waals surface area contributed by atoms with Gasteiger partial charge >= 0.3 is 5.97 Å². The average Bonchev–Trinajstić information content (AvgIpc) is 3.28. The van der Waals surface area contributed by atoms with Gasteiger partial charge in [-0.1, -0.05) is 6.08 Å². The van der Waals surface area contributed by atoms with E-state index in [2.05, 4.69) is 21.0 Å². The molecule has 166 valence electrons. The molecule has 0 fully saturated rings. The summed E-state index contributed by atoms with van der Waals surface area (Å²) in [5.74, 6) is -0.269. The van der Waals surface area contributed by atoms with Crippen LogP contribution in [-0.2, 0) is 0 Å². The van der Waals surface area contributed by atoms with Gasteiger partial charge in [-0.15, -0.1) is 0 Å². The largest absolute Gasteiger partial charge is 0.496 e. The molecule has 3 aromatic heterocycles. The molecule has 1 aliphatic rings. The first-order chi connectivity index (χ1) is 16.0. The van der Waals surface area contributed by atoms with Crippen molar-refractivity contribution in [3.8, 4) is 16.9 Å². The van der Waals surface area contributed by atoms with Crippen molar-refractivity contribution in [1.29, 1.82) is 0 Å². The number of H-pyrrole nitrogens is 1. The minimum absolute atomic E-state index is 0.192. The molecular formula is C25H21FN4O3. The third kappa shape index (κ3) is 3.80. The van der Waals surface area contributed by atoms with E-state index in [1.165, 1.54) is 12.1 Å². The molecule has 0 atom stereocenters. The highest BCUT2D eigenvalue weighted by atomic mass is 19.1. The molecule has 0 aliphatic carbocycles. The zero-order valence-corrected chi connectivity index (χ0v) is 17.9. The molecule has 4 aromatic rings. The predicted molar refractivity (Wildman–Crippen MR) is 124 cm³/mol. The second-order valence-electron chi connectivity index (χ2n) is 7.75. The summed E-state index contributed by atoms with van der Waals surface area (Å²) in [6.07, 6.45) is 6.07. The number of hydrogen-bond acceptors (Lipinski definition) is 5. The molecule has 0 bridgehead atoms. The number of nitrogens with one attached hydrogen (secondary N) is 1. The number of fused-ring (bicyclic) bond motifs is 1. The summed E-state index contributed by atoms with van der Waals surface area (Å²) in [6.45, 7) is 1.18. The fourth-order valence-corrected chi connectivity index (χ4v) is 4.25. The third-order valence-corrected chi connectivity index (χ3v) is 5.86. The quantitative estimate of drug-likeness (QED) is 0.461. The molecule has 33 heavy (non-hydrogen) atoms. The lowest BCUT2D eigenvalue weighted by atomic mass is 10.0. The lowest BCUT2D eigenvalue weighted by molar-refractivity contribution is 0.0697. The Bertz CT molecular complexity index is 1400. The molecule has 4 heterocycles. The molecule has 0 radical (unpaired) electrons. The molecule has 7 nitrogen and oxygen atoms in total. The third-order valence-electron chi connectivity index (χ3n) is 5.86. The summed E-state index contributed by atoms with van der Waals surface area (Å²) < 4.78 is 19.4. The number of hydrogen-bond donors (Lipinski definition) is 2. The standard InChI is InChI=1S/C25H21FN4O3/c1-33-22-5-4-16(26)13-19(22)17-6-10-27-23-20(17)14-21(29-23)15-7-11-30(12-8-15)24-18(25(31)32)3-2-9-28-24/h2-7,9-10,13-14H,8,11-12H2,1H3,(H,27,29)(H,31,32). The highest BCUT2D eigenvalue weighted by Gasteiger charge is 2.21. The van der Waals surface area contributed by atoms with Crippen molar-refractivity contribution in [2.45, 2.75) is 6.42 Å². The van der Waals surface area contributed by atoms with Crippen LogP contribution in [0, 0.1) is 5.82 Å². The lowest BCUT2D eigenvalue weighted by Crippen LogP contribution is -2.30. The number of anilines is 1. The van der Waals surface area contributed by atoms with E-state index in [9.17, 15) is 14.3 Å². The Morgan fingerprint density at radius 3 is 2.79 bits per heavy atom. The lowest BCUT2D eigenvalue weighted by Gasteiger charge is -2.28. The minimum Gasteiger partial charge on any atom is -0.496 e. The van der Waals surface area contributed by atoms with Crippen molar-refractivity contribution in [3.05, 3.63) is 78.0 Å². The van der Waals surface area contributed by atoms with Gasteiger partial charge < -0.3 is 19.7 Å². The molecule has 0 unspecified atom stereocenters. The van der Waals surface area contributed by atoms with Crippen molar-refractivity contribution in [2.24, 2.45) is 0 Å². The van der Waals surface area contributed by atoms with Crippen molar-refractivity contribution >= 4 is 28.4 Å². The number of halogens is 1. The fraction of sp³-hybridized carbons (Fsp3) is 0.160. The molecule has 1 aromatic carbocycles. The second-order valence-corrected chi connectivity index (χ2v) is 7.75. The number of benzene rings is 1. The van der Waals surface area contributed by atoms with Crippen LogP contribution < -0.4 is 9.64 Å². The molecule has 0 amide bonds. The first-order valence-electron chi connectivity index (χ1n) is 10.5. The molecule has 8 heteroatoms. The van der Waals surface area contributed by atoms with Crippen LogP contribution in [0.25, 0.3) is 27.7 Å². The summed E-state index contributed by atoms with van der Waals surface area (Å²) in [7, 11) is 1.56. The Hall–Kier alpha value is -4.20. The first kappa shape index (κ1) is 20.7. The monoisotopic (exact) mass is 444 g/mol. The van der Waals surface area contributed by atoms with Crippen molar-refractivity contribution < 1.29 is 19.0 Å². The maximum absolute atomic E-state index is 14.0. The van der Waals surface area contributed by atoms with Crippen LogP contribution in [-0.4, -0.2) is 46.2 Å². The van der Waals surface area contributed by atoms with E-state index in [4.69, 9.17) is 4.74 Å². The Labute approximate surface area is 189 Å². The van der Waals surface area contributed by atoms with E-state index < -0.39 is 5.97 Å². The number of rotatable bonds is 5. The van der Waals surface area contributed by atoms with Crippen molar-refractivity contribution in [3.63, 3.8) is 0 Å². The number of pyridine rings is 2. The van der Waals surface area contributed by atoms with Gasteiger partial charge in [0, 0.05) is 42.1 Å². The molecule has 1 aliphatic heterocycles. The van der Waals surface area contributed by atoms with Gasteiger partial charge in [0.25, 0.3) is 0 Å². The van der Waals surface area contributed by atoms with Gasteiger partial charge in [0.15, 0.2) is 0 Å². The Kier molecular flexibility index (Phi) is 5.26.